The Hall–Kier alpha value is -1.08. The number of rotatable bonds is 3. The van der Waals surface area contributed by atoms with Crippen LogP contribution in [-0.4, -0.2) is 6.10 Å². The predicted octanol–water partition coefficient (Wildman–Crippen LogP) is 4.12. The third-order valence-electron chi connectivity index (χ3n) is 3.46. The highest BCUT2D eigenvalue weighted by Gasteiger charge is 2.41. The molecule has 1 aliphatic rings. The number of benzene rings is 1. The van der Waals surface area contributed by atoms with Gasteiger partial charge in [0, 0.05) is 0 Å². The zero-order valence-corrected chi connectivity index (χ0v) is 10.1. The molecule has 1 aliphatic heterocycles. The van der Waals surface area contributed by atoms with E-state index >= 15 is 0 Å². The van der Waals surface area contributed by atoms with Crippen molar-refractivity contribution in [2.24, 2.45) is 5.41 Å². The zero-order valence-electron chi connectivity index (χ0n) is 10.1. The Morgan fingerprint density at radius 1 is 1.38 bits per heavy atom. The van der Waals surface area contributed by atoms with Crippen molar-refractivity contribution in [3.8, 4) is 0 Å². The lowest BCUT2D eigenvalue weighted by Crippen LogP contribution is -2.23. The molecule has 0 spiro atoms. The van der Waals surface area contributed by atoms with Crippen LogP contribution in [0.3, 0.4) is 0 Å². The fraction of sp³-hybridized carbons (Fsp3) is 0.467. The second-order valence-electron chi connectivity index (χ2n) is 5.24. The van der Waals surface area contributed by atoms with E-state index in [0.717, 1.165) is 12.8 Å². The summed E-state index contributed by atoms with van der Waals surface area (Å²) in [5.41, 5.74) is 1.54. The fourth-order valence-electron chi connectivity index (χ4n) is 2.43. The van der Waals surface area contributed by atoms with Gasteiger partial charge in [-0.2, -0.15) is 0 Å². The van der Waals surface area contributed by atoms with Crippen molar-refractivity contribution in [3.63, 3.8) is 0 Å². The van der Waals surface area contributed by atoms with E-state index in [9.17, 15) is 0 Å². The maximum Gasteiger partial charge on any atom is 0.0835 e. The summed E-state index contributed by atoms with van der Waals surface area (Å²) in [7, 11) is 0. The molecule has 16 heavy (non-hydrogen) atoms. The minimum absolute atomic E-state index is 0.245. The van der Waals surface area contributed by atoms with E-state index in [1.165, 1.54) is 5.56 Å². The quantitative estimate of drug-likeness (QED) is 0.691. The summed E-state index contributed by atoms with van der Waals surface area (Å²) in [6, 6.07) is 10.5. The lowest BCUT2D eigenvalue weighted by atomic mass is 9.82. The minimum Gasteiger partial charge on any atom is -0.369 e. The first kappa shape index (κ1) is 11.4. The van der Waals surface area contributed by atoms with Crippen LogP contribution in [0.25, 0.3) is 0 Å². The van der Waals surface area contributed by atoms with Crippen molar-refractivity contribution in [1.29, 1.82) is 0 Å². The second kappa shape index (κ2) is 4.42. The maximum absolute atomic E-state index is 6.13. The van der Waals surface area contributed by atoms with Gasteiger partial charge in [-0.15, -0.1) is 6.58 Å². The molecule has 2 rings (SSSR count). The monoisotopic (exact) mass is 216 g/mol. The third-order valence-corrected chi connectivity index (χ3v) is 3.46. The molecular weight excluding hydrogens is 196 g/mol. The van der Waals surface area contributed by atoms with E-state index in [1.807, 2.05) is 12.1 Å². The second-order valence-corrected chi connectivity index (χ2v) is 5.24. The summed E-state index contributed by atoms with van der Waals surface area (Å²) < 4.78 is 6.13. The van der Waals surface area contributed by atoms with Crippen molar-refractivity contribution in [1.82, 2.24) is 0 Å². The molecule has 0 radical (unpaired) electrons. The lowest BCUT2D eigenvalue weighted by Gasteiger charge is -2.23. The van der Waals surface area contributed by atoms with E-state index in [4.69, 9.17) is 4.74 Å². The van der Waals surface area contributed by atoms with Gasteiger partial charge in [0.15, 0.2) is 0 Å². The highest BCUT2D eigenvalue weighted by atomic mass is 16.5. The molecule has 1 saturated heterocycles. The van der Waals surface area contributed by atoms with Crippen LogP contribution < -0.4 is 0 Å². The van der Waals surface area contributed by atoms with Crippen LogP contribution in [0.1, 0.15) is 38.4 Å². The summed E-state index contributed by atoms with van der Waals surface area (Å²) in [5, 5.41) is 0. The molecule has 0 aliphatic carbocycles. The first-order chi connectivity index (χ1) is 7.63. The normalized spacial score (nSPS) is 27.9. The van der Waals surface area contributed by atoms with Gasteiger partial charge in [0.2, 0.25) is 0 Å². The molecule has 1 nitrogen and oxygen atoms in total. The Morgan fingerprint density at radius 3 is 2.69 bits per heavy atom. The Labute approximate surface area is 98.1 Å². The Bertz CT molecular complexity index is 353. The van der Waals surface area contributed by atoms with Gasteiger partial charge in [-0.25, -0.2) is 0 Å². The van der Waals surface area contributed by atoms with E-state index in [1.54, 1.807) is 0 Å². The van der Waals surface area contributed by atoms with E-state index < -0.39 is 0 Å². The van der Waals surface area contributed by atoms with Gasteiger partial charge in [-0.05, 0) is 23.8 Å². The third kappa shape index (κ3) is 2.19. The van der Waals surface area contributed by atoms with Gasteiger partial charge in [-0.1, -0.05) is 50.3 Å². The first-order valence-electron chi connectivity index (χ1n) is 5.95. The van der Waals surface area contributed by atoms with Crippen LogP contribution in [0.4, 0.5) is 0 Å². The van der Waals surface area contributed by atoms with E-state index in [2.05, 4.69) is 44.7 Å². The van der Waals surface area contributed by atoms with Crippen LogP contribution in [0, 0.1) is 5.41 Å². The SMILES string of the molecule is C=CC[C@@H]1O[C@H](c2ccccc2)CC1(C)C. The highest BCUT2D eigenvalue weighted by molar-refractivity contribution is 5.19. The number of hydrogen-bond acceptors (Lipinski definition) is 1. The molecular formula is C15H20O. The molecule has 0 unspecified atom stereocenters. The molecule has 1 aromatic rings. The van der Waals surface area contributed by atoms with Crippen LogP contribution >= 0.6 is 0 Å². The van der Waals surface area contributed by atoms with Crippen molar-refractivity contribution < 1.29 is 4.74 Å². The molecule has 0 aromatic heterocycles. The topological polar surface area (TPSA) is 9.23 Å². The van der Waals surface area contributed by atoms with Crippen LogP contribution in [0.15, 0.2) is 43.0 Å². The average Bonchev–Trinajstić information content (AvgIpc) is 2.57. The minimum atomic E-state index is 0.245. The number of ether oxygens (including phenoxy) is 1. The first-order valence-corrected chi connectivity index (χ1v) is 5.95. The van der Waals surface area contributed by atoms with Crippen molar-refractivity contribution in [3.05, 3.63) is 48.6 Å². The largest absolute Gasteiger partial charge is 0.369 e. The molecule has 0 saturated carbocycles. The molecule has 0 N–H and O–H groups in total. The Balaban J connectivity index is 2.14. The molecule has 0 bridgehead atoms. The highest BCUT2D eigenvalue weighted by Crippen LogP contribution is 2.46. The van der Waals surface area contributed by atoms with Gasteiger partial charge >= 0.3 is 0 Å². The number of hydrogen-bond donors (Lipinski definition) is 0. The Kier molecular flexibility index (Phi) is 3.15. The van der Waals surface area contributed by atoms with Crippen molar-refractivity contribution in [2.75, 3.05) is 0 Å². The molecule has 1 heterocycles. The standard InChI is InChI=1S/C15H20O/c1-4-8-14-15(2,3)11-13(16-14)12-9-6-5-7-10-12/h4-7,9-10,13-14H,1,8,11H2,2-3H3/t13-,14-/m0/s1. The molecule has 1 aromatic carbocycles. The van der Waals surface area contributed by atoms with Crippen molar-refractivity contribution >= 4 is 0 Å². The molecule has 1 fully saturated rings. The summed E-state index contributed by atoms with van der Waals surface area (Å²) >= 11 is 0. The molecule has 2 atom stereocenters. The van der Waals surface area contributed by atoms with Crippen LogP contribution in [0.2, 0.25) is 0 Å². The van der Waals surface area contributed by atoms with Crippen LogP contribution in [-0.2, 0) is 4.74 Å². The Morgan fingerprint density at radius 2 is 2.06 bits per heavy atom. The van der Waals surface area contributed by atoms with Crippen LogP contribution in [0.5, 0.6) is 0 Å². The van der Waals surface area contributed by atoms with Crippen molar-refractivity contribution in [2.45, 2.75) is 38.9 Å². The molecule has 0 amide bonds. The fourth-order valence-corrected chi connectivity index (χ4v) is 2.43. The summed E-state index contributed by atoms with van der Waals surface area (Å²) in [6.07, 6.45) is 4.54. The maximum atomic E-state index is 6.13. The smallest absolute Gasteiger partial charge is 0.0835 e. The van der Waals surface area contributed by atoms with Gasteiger partial charge in [-0.3, -0.25) is 0 Å². The summed E-state index contributed by atoms with van der Waals surface area (Å²) in [4.78, 5) is 0. The van der Waals surface area contributed by atoms with Gasteiger partial charge in [0.1, 0.15) is 0 Å². The molecule has 86 valence electrons. The van der Waals surface area contributed by atoms with Gasteiger partial charge in [0.25, 0.3) is 0 Å². The zero-order chi connectivity index (χ0) is 11.6. The van der Waals surface area contributed by atoms with E-state index in [-0.39, 0.29) is 11.5 Å². The van der Waals surface area contributed by atoms with Gasteiger partial charge < -0.3 is 4.74 Å². The average molecular weight is 216 g/mol. The van der Waals surface area contributed by atoms with Gasteiger partial charge in [0.05, 0.1) is 12.2 Å². The molecule has 1 heteroatoms. The van der Waals surface area contributed by atoms with E-state index in [0.29, 0.717) is 6.10 Å². The summed E-state index contributed by atoms with van der Waals surface area (Å²) in [6.45, 7) is 8.37. The lowest BCUT2D eigenvalue weighted by molar-refractivity contribution is 0.0213. The predicted molar refractivity (Wildman–Crippen MR) is 67.3 cm³/mol. The summed E-state index contributed by atoms with van der Waals surface area (Å²) in [5.74, 6) is 0.